The highest BCUT2D eigenvalue weighted by molar-refractivity contribution is 6.20. The number of hydrogen-bond donors (Lipinski definition) is 0. The van der Waals surface area contributed by atoms with Gasteiger partial charge in [-0.15, -0.1) is 10.2 Å². The molecule has 1 aliphatic rings. The molecule has 1 aromatic carbocycles. The molecule has 0 spiro atoms. The van der Waals surface area contributed by atoms with Gasteiger partial charge in [0.15, 0.2) is 17.4 Å². The van der Waals surface area contributed by atoms with Gasteiger partial charge >= 0.3 is 6.09 Å². The van der Waals surface area contributed by atoms with Crippen molar-refractivity contribution < 1.29 is 32.9 Å². The highest BCUT2D eigenvalue weighted by atomic mass is 19.1. The van der Waals surface area contributed by atoms with Gasteiger partial charge in [-0.3, -0.25) is 4.79 Å². The number of nitrogens with zero attached hydrogens (tertiary/aromatic N) is 5. The molecule has 1 aliphatic heterocycles. The van der Waals surface area contributed by atoms with Crippen molar-refractivity contribution in [1.29, 1.82) is 0 Å². The zero-order valence-corrected chi connectivity index (χ0v) is 21.8. The predicted molar refractivity (Wildman–Crippen MR) is 135 cm³/mol. The van der Waals surface area contributed by atoms with E-state index in [0.717, 1.165) is 11.0 Å². The average molecular weight is 528 g/mol. The lowest BCUT2D eigenvalue weighted by atomic mass is 10.1. The average Bonchev–Trinajstić information content (AvgIpc) is 3.32. The summed E-state index contributed by atoms with van der Waals surface area (Å²) in [5, 5.41) is 8.16. The molecule has 202 valence electrons. The second-order valence-electron chi connectivity index (χ2n) is 9.53. The molecule has 0 N–H and O–H groups in total. The van der Waals surface area contributed by atoms with Crippen molar-refractivity contribution in [3.05, 3.63) is 48.0 Å². The number of ether oxygens (including phenoxy) is 4. The summed E-state index contributed by atoms with van der Waals surface area (Å²) in [5.41, 5.74) is -0.584. The molecule has 2 amide bonds. The second-order valence-corrected chi connectivity index (χ2v) is 9.53. The number of aromatic nitrogens is 4. The number of halogens is 1. The van der Waals surface area contributed by atoms with Crippen molar-refractivity contribution in [1.82, 2.24) is 19.7 Å². The number of fused-ring (bicyclic) bond motifs is 5. The van der Waals surface area contributed by atoms with Crippen LogP contribution in [0.3, 0.4) is 0 Å². The third-order valence-corrected chi connectivity index (χ3v) is 5.45. The van der Waals surface area contributed by atoms with Crippen LogP contribution in [0.1, 0.15) is 44.0 Å². The Morgan fingerprint density at radius 2 is 2.00 bits per heavy atom. The number of methoxy groups -OCH3 is 1. The molecule has 38 heavy (non-hydrogen) atoms. The number of hydrogen-bond acceptors (Lipinski definition) is 9. The molecule has 0 unspecified atom stereocenters. The minimum absolute atomic E-state index is 0.00881. The van der Waals surface area contributed by atoms with Crippen LogP contribution in [0.2, 0.25) is 0 Å². The van der Waals surface area contributed by atoms with Crippen molar-refractivity contribution in [2.45, 2.75) is 45.8 Å². The predicted octanol–water partition coefficient (Wildman–Crippen LogP) is 4.26. The van der Waals surface area contributed by atoms with Crippen LogP contribution >= 0.6 is 0 Å². The maximum absolute atomic E-state index is 14.9. The minimum Gasteiger partial charge on any atom is -0.493 e. The topological polar surface area (TPSA) is 118 Å². The SMILES string of the molecule is COCCOc1cc2c(cc1F)OCCCCn1cnnc1-c1cccc(n1)N(C(=O)OC(C)(C)C)C2=O. The summed E-state index contributed by atoms with van der Waals surface area (Å²) in [6.45, 7) is 6.10. The number of carbonyl (C=O) groups excluding carboxylic acids is 2. The molecule has 0 fully saturated rings. The molecule has 0 atom stereocenters. The smallest absolute Gasteiger partial charge is 0.423 e. The van der Waals surface area contributed by atoms with E-state index in [1.165, 1.54) is 19.2 Å². The van der Waals surface area contributed by atoms with E-state index < -0.39 is 23.4 Å². The van der Waals surface area contributed by atoms with Gasteiger partial charge in [0, 0.05) is 19.7 Å². The van der Waals surface area contributed by atoms with Crippen molar-refractivity contribution in [2.24, 2.45) is 0 Å². The zero-order valence-electron chi connectivity index (χ0n) is 21.8. The summed E-state index contributed by atoms with van der Waals surface area (Å²) in [6, 6.07) is 7.15. The second kappa shape index (κ2) is 11.5. The van der Waals surface area contributed by atoms with Crippen LogP contribution < -0.4 is 14.4 Å². The number of imide groups is 1. The molecule has 0 saturated heterocycles. The Morgan fingerprint density at radius 1 is 1.18 bits per heavy atom. The van der Waals surface area contributed by atoms with Gasteiger partial charge < -0.3 is 23.5 Å². The van der Waals surface area contributed by atoms with E-state index in [9.17, 15) is 14.0 Å². The summed E-state index contributed by atoms with van der Waals surface area (Å²) in [5.74, 6) is -1.28. The lowest BCUT2D eigenvalue weighted by molar-refractivity contribution is 0.0562. The number of amides is 2. The highest BCUT2D eigenvalue weighted by Gasteiger charge is 2.33. The summed E-state index contributed by atoms with van der Waals surface area (Å²) < 4.78 is 38.6. The first kappa shape index (κ1) is 27.0. The monoisotopic (exact) mass is 527 g/mol. The summed E-state index contributed by atoms with van der Waals surface area (Å²) in [4.78, 5) is 32.7. The van der Waals surface area contributed by atoms with Crippen LogP contribution in [-0.2, 0) is 16.0 Å². The Labute approximate surface area is 219 Å². The highest BCUT2D eigenvalue weighted by Crippen LogP contribution is 2.32. The van der Waals surface area contributed by atoms with E-state index in [2.05, 4.69) is 15.2 Å². The third-order valence-electron chi connectivity index (χ3n) is 5.45. The van der Waals surface area contributed by atoms with Gasteiger partial charge in [0.2, 0.25) is 0 Å². The van der Waals surface area contributed by atoms with Gasteiger partial charge in [0.05, 0.1) is 18.8 Å². The summed E-state index contributed by atoms with van der Waals surface area (Å²) >= 11 is 0. The number of carbonyl (C=O) groups is 2. The van der Waals surface area contributed by atoms with E-state index >= 15 is 0 Å². The normalized spacial score (nSPS) is 14.1. The largest absolute Gasteiger partial charge is 0.493 e. The molecule has 2 bridgehead atoms. The van der Waals surface area contributed by atoms with Gasteiger partial charge in [-0.05, 0) is 51.8 Å². The number of aryl methyl sites for hydroxylation is 1. The molecule has 3 aromatic rings. The summed E-state index contributed by atoms with van der Waals surface area (Å²) in [6.07, 6.45) is 1.93. The van der Waals surface area contributed by atoms with Gasteiger partial charge in [0.25, 0.3) is 5.91 Å². The van der Waals surface area contributed by atoms with Gasteiger partial charge in [-0.1, -0.05) is 6.07 Å². The maximum Gasteiger partial charge on any atom is 0.423 e. The minimum atomic E-state index is -0.960. The lowest BCUT2D eigenvalue weighted by Gasteiger charge is -2.26. The van der Waals surface area contributed by atoms with Gasteiger partial charge in [-0.2, -0.15) is 4.90 Å². The Bertz CT molecular complexity index is 1310. The van der Waals surface area contributed by atoms with Crippen molar-refractivity contribution in [3.8, 4) is 23.0 Å². The summed E-state index contributed by atoms with van der Waals surface area (Å²) in [7, 11) is 1.49. The van der Waals surface area contributed by atoms with Gasteiger partial charge in [-0.25, -0.2) is 14.2 Å². The first-order chi connectivity index (χ1) is 18.2. The molecular formula is C26H30FN5O6. The van der Waals surface area contributed by atoms with E-state index in [1.54, 1.807) is 39.2 Å². The molecule has 2 aromatic heterocycles. The Kier molecular flexibility index (Phi) is 8.20. The third kappa shape index (κ3) is 6.25. The van der Waals surface area contributed by atoms with Crippen LogP contribution in [0.5, 0.6) is 11.5 Å². The quantitative estimate of drug-likeness (QED) is 0.459. The Morgan fingerprint density at radius 3 is 2.76 bits per heavy atom. The van der Waals surface area contributed by atoms with E-state index in [1.807, 2.05) is 4.57 Å². The molecule has 3 heterocycles. The van der Waals surface area contributed by atoms with Crippen LogP contribution in [0.15, 0.2) is 36.7 Å². The molecule has 0 aliphatic carbocycles. The zero-order chi connectivity index (χ0) is 27.3. The van der Waals surface area contributed by atoms with Crippen LogP contribution in [0, 0.1) is 5.82 Å². The number of anilines is 1. The van der Waals surface area contributed by atoms with E-state index in [-0.39, 0.29) is 42.7 Å². The van der Waals surface area contributed by atoms with Crippen LogP contribution in [0.25, 0.3) is 11.5 Å². The number of rotatable bonds is 4. The van der Waals surface area contributed by atoms with Crippen molar-refractivity contribution in [3.63, 3.8) is 0 Å². The standard InChI is InChI=1S/C26H30FN5O6/c1-26(2,3)38-25(34)32-22-9-7-8-19(29-22)23-30-28-16-31(23)10-5-6-11-36-20-15-18(27)21(37-13-12-35-4)14-17(20)24(32)33/h7-9,14-16H,5-6,10-13H2,1-4H3. The van der Waals surface area contributed by atoms with Gasteiger partial charge in [0.1, 0.15) is 35.8 Å². The Balaban J connectivity index is 1.86. The molecule has 11 nitrogen and oxygen atoms in total. The van der Waals surface area contributed by atoms with E-state index in [0.29, 0.717) is 30.9 Å². The first-order valence-corrected chi connectivity index (χ1v) is 12.2. The van der Waals surface area contributed by atoms with Crippen LogP contribution in [-0.4, -0.2) is 64.3 Å². The number of pyridine rings is 1. The molecule has 0 saturated carbocycles. The maximum atomic E-state index is 14.9. The molecular weight excluding hydrogens is 497 g/mol. The molecule has 12 heteroatoms. The van der Waals surface area contributed by atoms with E-state index in [4.69, 9.17) is 18.9 Å². The van der Waals surface area contributed by atoms with Crippen molar-refractivity contribution >= 4 is 17.8 Å². The van der Waals surface area contributed by atoms with Crippen LogP contribution in [0.4, 0.5) is 15.0 Å². The number of benzene rings is 1. The first-order valence-electron chi connectivity index (χ1n) is 12.2. The Hall–Kier alpha value is -4.06. The fraction of sp³-hybridized carbons (Fsp3) is 0.423. The fourth-order valence-electron chi connectivity index (χ4n) is 3.73. The molecule has 4 rings (SSSR count). The lowest BCUT2D eigenvalue weighted by Crippen LogP contribution is -2.41. The van der Waals surface area contributed by atoms with Crippen molar-refractivity contribution in [2.75, 3.05) is 31.8 Å². The molecule has 0 radical (unpaired) electrons. The fourth-order valence-corrected chi connectivity index (χ4v) is 3.73.